The van der Waals surface area contributed by atoms with E-state index in [4.69, 9.17) is 11.6 Å². The lowest BCUT2D eigenvalue weighted by atomic mass is 10.1. The minimum absolute atomic E-state index is 0.0417. The van der Waals surface area contributed by atoms with Gasteiger partial charge in [-0.15, -0.1) is 11.8 Å². The Morgan fingerprint density at radius 1 is 1.42 bits per heavy atom. The zero-order chi connectivity index (χ0) is 14.0. The highest BCUT2D eigenvalue weighted by Crippen LogP contribution is 2.36. The minimum Gasteiger partial charge on any atom is -0.298 e. The number of rotatable bonds is 3. The summed E-state index contributed by atoms with van der Waals surface area (Å²) in [6.07, 6.45) is 0.333. The first-order valence-electron chi connectivity index (χ1n) is 6.21. The summed E-state index contributed by atoms with van der Waals surface area (Å²) in [6.45, 7) is 4.36. The number of carbonyl (C=O) groups excluding carboxylic acids is 1. The second kappa shape index (κ2) is 6.51. The number of hydrogen-bond acceptors (Lipinski definition) is 3. The lowest BCUT2D eigenvalue weighted by Gasteiger charge is -2.30. The number of halogens is 2. The maximum atomic E-state index is 13.1. The van der Waals surface area contributed by atoms with Gasteiger partial charge >= 0.3 is 0 Å². The van der Waals surface area contributed by atoms with Crippen LogP contribution in [0.5, 0.6) is 0 Å². The molecule has 0 N–H and O–H groups in total. The molecule has 1 heterocycles. The molecule has 1 aliphatic rings. The summed E-state index contributed by atoms with van der Waals surface area (Å²) < 4.78 is 13.1. The topological polar surface area (TPSA) is 17.1 Å². The molecule has 0 bridgehead atoms. The average molecular weight is 319 g/mol. The summed E-state index contributed by atoms with van der Waals surface area (Å²) in [7, 11) is 0. The van der Waals surface area contributed by atoms with E-state index in [1.165, 1.54) is 6.07 Å². The number of thioether (sulfide) groups is 2. The monoisotopic (exact) mass is 318 g/mol. The molecule has 3 unspecified atom stereocenters. The number of benzene rings is 1. The summed E-state index contributed by atoms with van der Waals surface area (Å²) in [6, 6.07) is 4.49. The van der Waals surface area contributed by atoms with E-state index in [9.17, 15) is 9.18 Å². The van der Waals surface area contributed by atoms with Crippen molar-refractivity contribution in [3.63, 3.8) is 0 Å². The fourth-order valence-electron chi connectivity index (χ4n) is 1.92. The molecular formula is C14H16ClFOS2. The van der Waals surface area contributed by atoms with Crippen LogP contribution in [0.2, 0.25) is 5.02 Å². The third-order valence-electron chi connectivity index (χ3n) is 3.27. The normalized spacial score (nSPS) is 27.3. The minimum atomic E-state index is -0.442. The molecule has 0 aliphatic carbocycles. The van der Waals surface area contributed by atoms with E-state index in [1.807, 2.05) is 11.8 Å². The van der Waals surface area contributed by atoms with Crippen molar-refractivity contribution >= 4 is 40.9 Å². The van der Waals surface area contributed by atoms with E-state index in [2.05, 4.69) is 13.8 Å². The van der Waals surface area contributed by atoms with Crippen LogP contribution >= 0.6 is 35.1 Å². The summed E-state index contributed by atoms with van der Waals surface area (Å²) in [5.74, 6) is 0.631. The van der Waals surface area contributed by atoms with Gasteiger partial charge in [-0.25, -0.2) is 4.39 Å². The SMILES string of the molecule is CC1SCC(C(=O)Cc2ccc(F)c(Cl)c2)SC1C. The van der Waals surface area contributed by atoms with Crippen molar-refractivity contribution in [2.45, 2.75) is 36.0 Å². The molecule has 0 radical (unpaired) electrons. The van der Waals surface area contributed by atoms with Gasteiger partial charge < -0.3 is 0 Å². The molecule has 5 heteroatoms. The molecular weight excluding hydrogens is 303 g/mol. The molecule has 19 heavy (non-hydrogen) atoms. The third kappa shape index (κ3) is 3.89. The Morgan fingerprint density at radius 3 is 2.79 bits per heavy atom. The molecule has 0 spiro atoms. The number of hydrogen-bond donors (Lipinski definition) is 0. The summed E-state index contributed by atoms with van der Waals surface area (Å²) in [4.78, 5) is 12.2. The van der Waals surface area contributed by atoms with Gasteiger partial charge in [-0.3, -0.25) is 4.79 Å². The highest BCUT2D eigenvalue weighted by atomic mass is 35.5. The van der Waals surface area contributed by atoms with Crippen LogP contribution in [0.4, 0.5) is 4.39 Å². The average Bonchev–Trinajstić information content (AvgIpc) is 2.37. The molecule has 1 aliphatic heterocycles. The molecule has 0 saturated carbocycles. The summed E-state index contributed by atoms with van der Waals surface area (Å²) in [5.41, 5.74) is 0.785. The summed E-state index contributed by atoms with van der Waals surface area (Å²) >= 11 is 9.33. The highest BCUT2D eigenvalue weighted by Gasteiger charge is 2.30. The lowest BCUT2D eigenvalue weighted by Crippen LogP contribution is -2.32. The molecule has 2 rings (SSSR count). The Balaban J connectivity index is 1.99. The first kappa shape index (κ1) is 15.2. The van der Waals surface area contributed by atoms with Crippen molar-refractivity contribution in [2.75, 3.05) is 5.75 Å². The predicted molar refractivity (Wildman–Crippen MR) is 82.9 cm³/mol. The second-order valence-corrected chi connectivity index (χ2v) is 8.16. The fourth-order valence-corrected chi connectivity index (χ4v) is 5.01. The first-order valence-corrected chi connectivity index (χ1v) is 8.58. The van der Waals surface area contributed by atoms with Crippen molar-refractivity contribution in [2.24, 2.45) is 0 Å². The van der Waals surface area contributed by atoms with Gasteiger partial charge in [0.1, 0.15) is 5.82 Å². The quantitative estimate of drug-likeness (QED) is 0.830. The van der Waals surface area contributed by atoms with Crippen LogP contribution in [0.3, 0.4) is 0 Å². The van der Waals surface area contributed by atoms with Gasteiger partial charge in [0, 0.05) is 22.7 Å². The zero-order valence-corrected chi connectivity index (χ0v) is 13.2. The standard InChI is InChI=1S/C14H16ClFOS2/c1-8-9(2)19-14(7-18-8)13(17)6-10-3-4-12(16)11(15)5-10/h3-5,8-9,14H,6-7H2,1-2H3. The summed E-state index contributed by atoms with van der Waals surface area (Å²) in [5, 5.41) is 1.21. The van der Waals surface area contributed by atoms with Gasteiger partial charge in [0.2, 0.25) is 0 Å². The molecule has 104 valence electrons. The molecule has 3 atom stereocenters. The molecule has 1 aromatic rings. The molecule has 0 amide bonds. The maximum absolute atomic E-state index is 13.1. The fraction of sp³-hybridized carbons (Fsp3) is 0.500. The maximum Gasteiger partial charge on any atom is 0.151 e. The second-order valence-electron chi connectivity index (χ2n) is 4.76. The van der Waals surface area contributed by atoms with E-state index in [1.54, 1.807) is 23.9 Å². The molecule has 1 saturated heterocycles. The Kier molecular flexibility index (Phi) is 5.21. The van der Waals surface area contributed by atoms with Gasteiger partial charge in [-0.1, -0.05) is 31.5 Å². The van der Waals surface area contributed by atoms with Crippen molar-refractivity contribution in [3.05, 3.63) is 34.6 Å². The van der Waals surface area contributed by atoms with Crippen LogP contribution in [0.1, 0.15) is 19.4 Å². The van der Waals surface area contributed by atoms with Crippen LogP contribution in [0, 0.1) is 5.82 Å². The van der Waals surface area contributed by atoms with E-state index >= 15 is 0 Å². The van der Waals surface area contributed by atoms with Crippen molar-refractivity contribution < 1.29 is 9.18 Å². The zero-order valence-electron chi connectivity index (χ0n) is 10.9. The van der Waals surface area contributed by atoms with E-state index in [-0.39, 0.29) is 16.1 Å². The van der Waals surface area contributed by atoms with Gasteiger partial charge in [-0.05, 0) is 17.7 Å². The third-order valence-corrected chi connectivity index (χ3v) is 7.00. The Labute approximate surface area is 126 Å². The molecule has 0 aromatic heterocycles. The number of ketones is 1. The Bertz CT molecular complexity index is 481. The van der Waals surface area contributed by atoms with Crippen LogP contribution in [0.25, 0.3) is 0 Å². The van der Waals surface area contributed by atoms with Crippen LogP contribution < -0.4 is 0 Å². The van der Waals surface area contributed by atoms with E-state index in [0.717, 1.165) is 11.3 Å². The molecule has 1 aromatic carbocycles. The Hall–Kier alpha value is -0.190. The highest BCUT2D eigenvalue weighted by molar-refractivity contribution is 8.08. The van der Waals surface area contributed by atoms with Crippen molar-refractivity contribution in [1.29, 1.82) is 0 Å². The van der Waals surface area contributed by atoms with Crippen molar-refractivity contribution in [1.82, 2.24) is 0 Å². The largest absolute Gasteiger partial charge is 0.298 e. The Morgan fingerprint density at radius 2 is 2.16 bits per heavy atom. The van der Waals surface area contributed by atoms with Gasteiger partial charge in [0.25, 0.3) is 0 Å². The van der Waals surface area contributed by atoms with E-state index < -0.39 is 5.82 Å². The smallest absolute Gasteiger partial charge is 0.151 e. The lowest BCUT2D eigenvalue weighted by molar-refractivity contribution is -0.117. The number of Topliss-reactive ketones (excluding diaryl/α,β-unsaturated/α-hetero) is 1. The van der Waals surface area contributed by atoms with Gasteiger partial charge in [-0.2, -0.15) is 11.8 Å². The predicted octanol–water partition coefficient (Wildman–Crippen LogP) is 4.22. The van der Waals surface area contributed by atoms with Crippen LogP contribution in [0.15, 0.2) is 18.2 Å². The van der Waals surface area contributed by atoms with Crippen molar-refractivity contribution in [3.8, 4) is 0 Å². The van der Waals surface area contributed by atoms with E-state index in [0.29, 0.717) is 16.9 Å². The number of carbonyl (C=O) groups is 1. The first-order chi connectivity index (χ1) is 8.97. The molecule has 1 nitrogen and oxygen atoms in total. The van der Waals surface area contributed by atoms with Crippen LogP contribution in [-0.4, -0.2) is 27.3 Å². The van der Waals surface area contributed by atoms with Crippen LogP contribution in [-0.2, 0) is 11.2 Å². The molecule has 1 fully saturated rings. The van der Waals surface area contributed by atoms with Gasteiger partial charge in [0.05, 0.1) is 10.3 Å². The van der Waals surface area contributed by atoms with Gasteiger partial charge in [0.15, 0.2) is 5.78 Å².